The van der Waals surface area contributed by atoms with Gasteiger partial charge in [-0.3, -0.25) is 9.67 Å². The van der Waals surface area contributed by atoms with E-state index in [2.05, 4.69) is 45.2 Å². The molecule has 1 aromatic heterocycles. The highest BCUT2D eigenvalue weighted by Crippen LogP contribution is 2.09. The SMILES string of the molecule is CCNC(=NCCCn1nc(C)cc1C)NCCCCCN1CCCCC1.I. The van der Waals surface area contributed by atoms with Crippen molar-refractivity contribution in [1.82, 2.24) is 25.3 Å². The van der Waals surface area contributed by atoms with Crippen molar-refractivity contribution in [3.63, 3.8) is 0 Å². The number of nitrogens with one attached hydrogen (secondary N) is 2. The van der Waals surface area contributed by atoms with Gasteiger partial charge in [-0.2, -0.15) is 5.10 Å². The Kier molecular flexibility index (Phi) is 13.6. The van der Waals surface area contributed by atoms with Gasteiger partial charge < -0.3 is 15.5 Å². The highest BCUT2D eigenvalue weighted by molar-refractivity contribution is 14.0. The number of unbranched alkanes of at least 4 members (excludes halogenated alkanes) is 2. The van der Waals surface area contributed by atoms with Gasteiger partial charge in [0.25, 0.3) is 0 Å². The first kappa shape index (κ1) is 25.2. The molecule has 0 radical (unpaired) electrons. The summed E-state index contributed by atoms with van der Waals surface area (Å²) in [6, 6.07) is 2.13. The number of hydrogen-bond acceptors (Lipinski definition) is 3. The third-order valence-corrected chi connectivity index (χ3v) is 5.14. The van der Waals surface area contributed by atoms with Gasteiger partial charge in [0, 0.05) is 31.9 Å². The van der Waals surface area contributed by atoms with E-state index in [9.17, 15) is 0 Å². The molecule has 2 heterocycles. The number of hydrogen-bond donors (Lipinski definition) is 2. The third-order valence-electron chi connectivity index (χ3n) is 5.14. The summed E-state index contributed by atoms with van der Waals surface area (Å²) in [5.41, 5.74) is 2.32. The molecule has 0 aliphatic carbocycles. The molecule has 1 aliphatic rings. The summed E-state index contributed by atoms with van der Waals surface area (Å²) in [5, 5.41) is 11.3. The largest absolute Gasteiger partial charge is 0.357 e. The van der Waals surface area contributed by atoms with Gasteiger partial charge in [0.1, 0.15) is 0 Å². The maximum Gasteiger partial charge on any atom is 0.191 e. The smallest absolute Gasteiger partial charge is 0.191 e. The quantitative estimate of drug-likeness (QED) is 0.209. The summed E-state index contributed by atoms with van der Waals surface area (Å²) in [6.07, 6.45) is 9.04. The van der Waals surface area contributed by atoms with Crippen molar-refractivity contribution in [2.75, 3.05) is 39.3 Å². The van der Waals surface area contributed by atoms with Crippen molar-refractivity contribution in [3.05, 3.63) is 17.5 Å². The van der Waals surface area contributed by atoms with Crippen LogP contribution in [0, 0.1) is 13.8 Å². The fourth-order valence-electron chi connectivity index (χ4n) is 3.68. The Morgan fingerprint density at radius 1 is 1.04 bits per heavy atom. The first-order valence-corrected chi connectivity index (χ1v) is 10.9. The Labute approximate surface area is 189 Å². The number of likely N-dealkylation sites (tertiary alicyclic amines) is 1. The molecule has 0 unspecified atom stereocenters. The number of guanidine groups is 1. The molecule has 1 aliphatic heterocycles. The second-order valence-electron chi connectivity index (χ2n) is 7.65. The van der Waals surface area contributed by atoms with Crippen LogP contribution >= 0.6 is 24.0 Å². The molecule has 1 fully saturated rings. The number of nitrogens with zero attached hydrogens (tertiary/aromatic N) is 4. The van der Waals surface area contributed by atoms with Crippen molar-refractivity contribution >= 4 is 29.9 Å². The lowest BCUT2D eigenvalue weighted by atomic mass is 10.1. The fourth-order valence-corrected chi connectivity index (χ4v) is 3.68. The number of halogens is 1. The van der Waals surface area contributed by atoms with Crippen LogP contribution in [0.2, 0.25) is 0 Å². The van der Waals surface area contributed by atoms with E-state index in [0.717, 1.165) is 44.3 Å². The molecule has 0 aromatic carbocycles. The van der Waals surface area contributed by atoms with Gasteiger partial charge in [0.05, 0.1) is 5.69 Å². The molecule has 0 bridgehead atoms. The second kappa shape index (κ2) is 15.1. The van der Waals surface area contributed by atoms with Crippen LogP contribution in [-0.2, 0) is 6.54 Å². The number of aromatic nitrogens is 2. The van der Waals surface area contributed by atoms with E-state index < -0.39 is 0 Å². The van der Waals surface area contributed by atoms with Gasteiger partial charge in [-0.25, -0.2) is 0 Å². The summed E-state index contributed by atoms with van der Waals surface area (Å²) < 4.78 is 2.08. The maximum absolute atomic E-state index is 4.70. The molecule has 0 saturated carbocycles. The van der Waals surface area contributed by atoms with E-state index >= 15 is 0 Å². The predicted octanol–water partition coefficient (Wildman–Crippen LogP) is 3.72. The Morgan fingerprint density at radius 3 is 2.50 bits per heavy atom. The normalized spacial score (nSPS) is 15.3. The first-order chi connectivity index (χ1) is 13.2. The van der Waals surface area contributed by atoms with Gasteiger partial charge >= 0.3 is 0 Å². The minimum absolute atomic E-state index is 0. The molecule has 0 spiro atoms. The van der Waals surface area contributed by atoms with E-state index in [1.807, 2.05) is 6.92 Å². The highest BCUT2D eigenvalue weighted by Gasteiger charge is 2.08. The molecule has 0 atom stereocenters. The Morgan fingerprint density at radius 2 is 1.82 bits per heavy atom. The monoisotopic (exact) mass is 504 g/mol. The lowest BCUT2D eigenvalue weighted by Gasteiger charge is -2.26. The van der Waals surface area contributed by atoms with Crippen molar-refractivity contribution in [2.45, 2.75) is 72.3 Å². The number of aryl methyl sites for hydroxylation is 3. The molecular formula is C21H41IN6. The van der Waals surface area contributed by atoms with E-state index in [0.29, 0.717) is 0 Å². The summed E-state index contributed by atoms with van der Waals surface area (Å²) in [7, 11) is 0. The van der Waals surface area contributed by atoms with Crippen LogP contribution < -0.4 is 10.6 Å². The molecule has 2 N–H and O–H groups in total. The average molecular weight is 505 g/mol. The summed E-state index contributed by atoms with van der Waals surface area (Å²) in [4.78, 5) is 7.33. The number of aliphatic imine (C=N–C) groups is 1. The van der Waals surface area contributed by atoms with Crippen LogP contribution in [0.25, 0.3) is 0 Å². The molecule has 7 heteroatoms. The zero-order chi connectivity index (χ0) is 19.3. The van der Waals surface area contributed by atoms with Crippen LogP contribution in [0.15, 0.2) is 11.1 Å². The Balaban J connectivity index is 0.00000392. The zero-order valence-electron chi connectivity index (χ0n) is 18.2. The van der Waals surface area contributed by atoms with Gasteiger partial charge in [-0.15, -0.1) is 24.0 Å². The summed E-state index contributed by atoms with van der Waals surface area (Å²) >= 11 is 0. The van der Waals surface area contributed by atoms with Crippen LogP contribution in [0.3, 0.4) is 0 Å². The topological polar surface area (TPSA) is 57.5 Å². The maximum atomic E-state index is 4.70. The van der Waals surface area contributed by atoms with Gasteiger partial charge in [-0.05, 0) is 78.6 Å². The molecule has 6 nitrogen and oxygen atoms in total. The van der Waals surface area contributed by atoms with Gasteiger partial charge in [0.2, 0.25) is 0 Å². The minimum Gasteiger partial charge on any atom is -0.357 e. The van der Waals surface area contributed by atoms with Gasteiger partial charge in [0.15, 0.2) is 5.96 Å². The summed E-state index contributed by atoms with van der Waals surface area (Å²) in [6.45, 7) is 13.8. The molecule has 1 saturated heterocycles. The number of piperidine rings is 1. The van der Waals surface area contributed by atoms with Crippen LogP contribution in [0.4, 0.5) is 0 Å². The Hall–Kier alpha value is -0.830. The standard InChI is InChI=1S/C21H40N6.HI/c1-4-22-21(24-13-11-17-27-20(3)18-19(2)25-27)23-12-7-5-8-14-26-15-9-6-10-16-26;/h18H,4-17H2,1-3H3,(H2,22,23,24);1H. The third kappa shape index (κ3) is 10.1. The minimum atomic E-state index is 0. The van der Waals surface area contributed by atoms with Crippen molar-refractivity contribution in [3.8, 4) is 0 Å². The molecular weight excluding hydrogens is 463 g/mol. The zero-order valence-corrected chi connectivity index (χ0v) is 20.5. The predicted molar refractivity (Wildman–Crippen MR) is 130 cm³/mol. The highest BCUT2D eigenvalue weighted by atomic mass is 127. The van der Waals surface area contributed by atoms with E-state index in [1.165, 1.54) is 63.9 Å². The molecule has 2 rings (SSSR count). The van der Waals surface area contributed by atoms with E-state index in [-0.39, 0.29) is 24.0 Å². The molecule has 162 valence electrons. The molecule has 0 amide bonds. The van der Waals surface area contributed by atoms with Crippen LogP contribution in [0.5, 0.6) is 0 Å². The van der Waals surface area contributed by atoms with Gasteiger partial charge in [-0.1, -0.05) is 12.8 Å². The molecule has 1 aromatic rings. The lowest BCUT2D eigenvalue weighted by Crippen LogP contribution is -2.38. The second-order valence-corrected chi connectivity index (χ2v) is 7.65. The lowest BCUT2D eigenvalue weighted by molar-refractivity contribution is 0.224. The van der Waals surface area contributed by atoms with Crippen molar-refractivity contribution in [1.29, 1.82) is 0 Å². The first-order valence-electron chi connectivity index (χ1n) is 10.9. The fraction of sp³-hybridized carbons (Fsp3) is 0.810. The van der Waals surface area contributed by atoms with Crippen molar-refractivity contribution in [2.24, 2.45) is 4.99 Å². The Bertz CT molecular complexity index is 551. The van der Waals surface area contributed by atoms with E-state index in [4.69, 9.17) is 4.99 Å². The average Bonchev–Trinajstić information content (AvgIpc) is 2.99. The summed E-state index contributed by atoms with van der Waals surface area (Å²) in [5.74, 6) is 0.946. The molecule has 28 heavy (non-hydrogen) atoms. The van der Waals surface area contributed by atoms with Crippen LogP contribution in [-0.4, -0.2) is 59.9 Å². The number of rotatable bonds is 11. The van der Waals surface area contributed by atoms with Crippen molar-refractivity contribution < 1.29 is 0 Å². The van der Waals surface area contributed by atoms with Crippen LogP contribution in [0.1, 0.15) is 63.3 Å². The van der Waals surface area contributed by atoms with E-state index in [1.54, 1.807) is 0 Å².